The maximum atomic E-state index is 13.6. The van der Waals surface area contributed by atoms with E-state index in [1.54, 1.807) is 12.3 Å². The first-order valence-electron chi connectivity index (χ1n) is 8.07. The molecule has 1 unspecified atom stereocenters. The van der Waals surface area contributed by atoms with Gasteiger partial charge >= 0.3 is 0 Å². The van der Waals surface area contributed by atoms with Crippen LogP contribution in [0.25, 0.3) is 0 Å². The van der Waals surface area contributed by atoms with E-state index in [1.807, 2.05) is 24.3 Å². The molecule has 1 amide bonds. The zero-order valence-electron chi connectivity index (χ0n) is 13.2. The lowest BCUT2D eigenvalue weighted by Crippen LogP contribution is -2.34. The summed E-state index contributed by atoms with van der Waals surface area (Å²) in [6.45, 7) is 2.21. The molecule has 0 bridgehead atoms. The van der Waals surface area contributed by atoms with Crippen LogP contribution in [0.15, 0.2) is 48.7 Å². The van der Waals surface area contributed by atoms with Crippen LogP contribution in [0, 0.1) is 17.7 Å². The second-order valence-electron chi connectivity index (χ2n) is 6.46. The molecule has 1 aliphatic rings. The molecule has 1 heterocycles. The fraction of sp³-hybridized carbons (Fsp3) is 0.368. The molecule has 0 aliphatic heterocycles. The van der Waals surface area contributed by atoms with Crippen molar-refractivity contribution in [2.24, 2.45) is 11.8 Å². The highest BCUT2D eigenvalue weighted by molar-refractivity contribution is 5.77. The van der Waals surface area contributed by atoms with Crippen LogP contribution in [0.3, 0.4) is 0 Å². The van der Waals surface area contributed by atoms with E-state index in [4.69, 9.17) is 0 Å². The maximum Gasteiger partial charge on any atom is 0.221 e. The Morgan fingerprint density at radius 3 is 2.78 bits per heavy atom. The average molecular weight is 312 g/mol. The fourth-order valence-corrected chi connectivity index (χ4v) is 3.28. The molecule has 1 aromatic heterocycles. The molecule has 3 rings (SSSR count). The molecule has 23 heavy (non-hydrogen) atoms. The number of rotatable bonds is 5. The van der Waals surface area contributed by atoms with E-state index >= 15 is 0 Å². The Kier molecular flexibility index (Phi) is 4.70. The first kappa shape index (κ1) is 15.7. The quantitative estimate of drug-likeness (QED) is 0.911. The van der Waals surface area contributed by atoms with Crippen molar-refractivity contribution >= 4 is 5.91 Å². The minimum absolute atomic E-state index is 0.00168. The van der Waals surface area contributed by atoms with E-state index in [0.29, 0.717) is 23.6 Å². The third-order valence-corrected chi connectivity index (χ3v) is 4.42. The first-order valence-corrected chi connectivity index (χ1v) is 8.07. The smallest absolute Gasteiger partial charge is 0.221 e. The van der Waals surface area contributed by atoms with Crippen LogP contribution >= 0.6 is 0 Å². The molecule has 1 fully saturated rings. The molecule has 0 radical (unpaired) electrons. The zero-order chi connectivity index (χ0) is 16.2. The van der Waals surface area contributed by atoms with Crippen LogP contribution < -0.4 is 5.32 Å². The van der Waals surface area contributed by atoms with E-state index in [9.17, 15) is 9.18 Å². The highest BCUT2D eigenvalue weighted by Crippen LogP contribution is 2.35. The van der Waals surface area contributed by atoms with E-state index in [-0.39, 0.29) is 11.7 Å². The molecule has 1 atom stereocenters. The summed E-state index contributed by atoms with van der Waals surface area (Å²) in [4.78, 5) is 16.7. The highest BCUT2D eigenvalue weighted by atomic mass is 19.1. The summed E-state index contributed by atoms with van der Waals surface area (Å²) in [7, 11) is 0. The van der Waals surface area contributed by atoms with Gasteiger partial charge in [-0.05, 0) is 54.5 Å². The summed E-state index contributed by atoms with van der Waals surface area (Å²) in [5, 5.41) is 3.02. The lowest BCUT2D eigenvalue weighted by atomic mass is 9.74. The molecule has 3 nitrogen and oxygen atoms in total. The standard InChI is InChI=1S/C19H21FN2O/c1-13-9-14(10-13)11-18(23)22-19(17-7-2-3-8-21-17)15-5-4-6-16(20)12-15/h2-8,12-14,19H,9-11H2,1H3,(H,22,23). The average Bonchev–Trinajstić information content (AvgIpc) is 2.52. The monoisotopic (exact) mass is 312 g/mol. The maximum absolute atomic E-state index is 13.6. The van der Waals surface area contributed by atoms with Crippen molar-refractivity contribution in [2.45, 2.75) is 32.2 Å². The van der Waals surface area contributed by atoms with Gasteiger partial charge in [0.2, 0.25) is 5.91 Å². The van der Waals surface area contributed by atoms with E-state index < -0.39 is 6.04 Å². The third-order valence-electron chi connectivity index (χ3n) is 4.42. The number of carbonyl (C=O) groups is 1. The fourth-order valence-electron chi connectivity index (χ4n) is 3.28. The lowest BCUT2D eigenvalue weighted by Gasteiger charge is -2.32. The van der Waals surface area contributed by atoms with Gasteiger partial charge in [-0.15, -0.1) is 0 Å². The summed E-state index contributed by atoms with van der Waals surface area (Å²) in [6.07, 6.45) is 4.44. The molecule has 120 valence electrons. The van der Waals surface area contributed by atoms with Crippen LogP contribution in [-0.4, -0.2) is 10.9 Å². The minimum Gasteiger partial charge on any atom is -0.344 e. The van der Waals surface area contributed by atoms with Crippen molar-refractivity contribution in [3.05, 3.63) is 65.7 Å². The number of halogens is 1. The summed E-state index contributed by atoms with van der Waals surface area (Å²) in [6, 6.07) is 11.4. The number of nitrogens with one attached hydrogen (secondary N) is 1. The molecule has 0 spiro atoms. The van der Waals surface area contributed by atoms with Gasteiger partial charge in [0.15, 0.2) is 0 Å². The number of hydrogen-bond acceptors (Lipinski definition) is 2. The molecule has 1 aliphatic carbocycles. The number of pyridine rings is 1. The second-order valence-corrected chi connectivity index (χ2v) is 6.46. The molecule has 1 N–H and O–H groups in total. The molecule has 0 saturated heterocycles. The summed E-state index contributed by atoms with van der Waals surface area (Å²) < 4.78 is 13.6. The zero-order valence-corrected chi connectivity index (χ0v) is 13.2. The van der Waals surface area contributed by atoms with Crippen LogP contribution in [0.5, 0.6) is 0 Å². The van der Waals surface area contributed by atoms with Crippen molar-refractivity contribution in [1.82, 2.24) is 10.3 Å². The van der Waals surface area contributed by atoms with Crippen LogP contribution in [0.2, 0.25) is 0 Å². The van der Waals surface area contributed by atoms with Gasteiger partial charge in [-0.1, -0.05) is 25.1 Å². The number of carbonyl (C=O) groups excluding carboxylic acids is 1. The Morgan fingerprint density at radius 1 is 1.30 bits per heavy atom. The molecular weight excluding hydrogens is 291 g/mol. The van der Waals surface area contributed by atoms with Crippen LogP contribution in [-0.2, 0) is 4.79 Å². The van der Waals surface area contributed by atoms with Gasteiger partial charge in [-0.2, -0.15) is 0 Å². The highest BCUT2D eigenvalue weighted by Gasteiger charge is 2.28. The van der Waals surface area contributed by atoms with Crippen molar-refractivity contribution in [3.63, 3.8) is 0 Å². The number of aromatic nitrogens is 1. The van der Waals surface area contributed by atoms with Gasteiger partial charge in [0.25, 0.3) is 0 Å². The number of benzene rings is 1. The SMILES string of the molecule is CC1CC(CC(=O)NC(c2cccc(F)c2)c2ccccn2)C1. The largest absolute Gasteiger partial charge is 0.344 e. The van der Waals surface area contributed by atoms with Crippen molar-refractivity contribution in [2.75, 3.05) is 0 Å². The summed E-state index contributed by atoms with van der Waals surface area (Å²) >= 11 is 0. The van der Waals surface area contributed by atoms with E-state index in [0.717, 1.165) is 18.8 Å². The topological polar surface area (TPSA) is 42.0 Å². The first-order chi connectivity index (χ1) is 11.1. The van der Waals surface area contributed by atoms with Gasteiger partial charge < -0.3 is 5.32 Å². The van der Waals surface area contributed by atoms with Crippen molar-refractivity contribution < 1.29 is 9.18 Å². The normalized spacial score (nSPS) is 21.3. The Bertz CT molecular complexity index is 668. The summed E-state index contributed by atoms with van der Waals surface area (Å²) in [5.41, 5.74) is 1.42. The predicted octanol–water partition coefficient (Wildman–Crippen LogP) is 3.86. The Balaban J connectivity index is 1.77. The van der Waals surface area contributed by atoms with Gasteiger partial charge in [-0.25, -0.2) is 4.39 Å². The molecular formula is C19H21FN2O. The van der Waals surface area contributed by atoms with Gasteiger partial charge in [0.1, 0.15) is 5.82 Å². The molecule has 1 aromatic carbocycles. The summed E-state index contributed by atoms with van der Waals surface area (Å²) in [5.74, 6) is 0.886. The Labute approximate surface area is 135 Å². The van der Waals surface area contributed by atoms with Gasteiger partial charge in [0, 0.05) is 12.6 Å². The van der Waals surface area contributed by atoms with Crippen LogP contribution in [0.4, 0.5) is 4.39 Å². The number of amides is 1. The Morgan fingerprint density at radius 2 is 2.13 bits per heavy atom. The molecule has 2 aromatic rings. The minimum atomic E-state index is -0.420. The van der Waals surface area contributed by atoms with Crippen molar-refractivity contribution in [1.29, 1.82) is 0 Å². The lowest BCUT2D eigenvalue weighted by molar-refractivity contribution is -0.123. The molecule has 1 saturated carbocycles. The van der Waals surface area contributed by atoms with Gasteiger partial charge in [0.05, 0.1) is 11.7 Å². The van der Waals surface area contributed by atoms with E-state index in [1.165, 1.54) is 12.1 Å². The van der Waals surface area contributed by atoms with Crippen LogP contribution in [0.1, 0.15) is 43.5 Å². The predicted molar refractivity (Wildman–Crippen MR) is 87.1 cm³/mol. The van der Waals surface area contributed by atoms with E-state index in [2.05, 4.69) is 17.2 Å². The number of nitrogens with zero attached hydrogens (tertiary/aromatic N) is 1. The second kappa shape index (κ2) is 6.90. The Hall–Kier alpha value is -2.23. The molecule has 4 heteroatoms. The van der Waals surface area contributed by atoms with Gasteiger partial charge in [-0.3, -0.25) is 9.78 Å². The third kappa shape index (κ3) is 3.95. The number of hydrogen-bond donors (Lipinski definition) is 1. The van der Waals surface area contributed by atoms with Crippen molar-refractivity contribution in [3.8, 4) is 0 Å².